The predicted octanol–water partition coefficient (Wildman–Crippen LogP) is 0.544. The lowest BCUT2D eigenvalue weighted by atomic mass is 10.1. The van der Waals surface area contributed by atoms with Gasteiger partial charge in [-0.2, -0.15) is 5.10 Å². The molecule has 0 unspecified atom stereocenters. The second-order valence-electron chi connectivity index (χ2n) is 6.86. The molecule has 0 atom stereocenters. The van der Waals surface area contributed by atoms with Crippen molar-refractivity contribution in [3.8, 4) is 11.5 Å². The molecule has 4 rings (SSSR count). The smallest absolute Gasteiger partial charge is 0.272 e. The van der Waals surface area contributed by atoms with Crippen LogP contribution in [0.5, 0.6) is 0 Å². The second-order valence-corrected chi connectivity index (χ2v) is 6.86. The highest BCUT2D eigenvalue weighted by Gasteiger charge is 2.23. The average molecular weight is 397 g/mol. The first-order valence-corrected chi connectivity index (χ1v) is 9.63. The van der Waals surface area contributed by atoms with Crippen molar-refractivity contribution in [2.24, 2.45) is 0 Å². The van der Waals surface area contributed by atoms with Crippen LogP contribution in [0.1, 0.15) is 13.3 Å². The third-order valence-corrected chi connectivity index (χ3v) is 4.87. The van der Waals surface area contributed by atoms with Gasteiger partial charge in [-0.05, 0) is 12.5 Å². The fourth-order valence-corrected chi connectivity index (χ4v) is 3.46. The van der Waals surface area contributed by atoms with Crippen LogP contribution < -0.4 is 15.8 Å². The van der Waals surface area contributed by atoms with E-state index in [0.717, 1.165) is 24.4 Å². The van der Waals surface area contributed by atoms with Crippen LogP contribution in [0, 0.1) is 0 Å². The van der Waals surface area contributed by atoms with Crippen molar-refractivity contribution in [1.82, 2.24) is 30.3 Å². The molecule has 0 aliphatic carbocycles. The van der Waals surface area contributed by atoms with Crippen LogP contribution >= 0.6 is 0 Å². The summed E-state index contributed by atoms with van der Waals surface area (Å²) in [6.07, 6.45) is 0.712. The van der Waals surface area contributed by atoms with Crippen LogP contribution in [0.3, 0.4) is 0 Å². The summed E-state index contributed by atoms with van der Waals surface area (Å²) in [5.74, 6) is 1.26. The minimum atomic E-state index is -0.241. The van der Waals surface area contributed by atoms with Gasteiger partial charge in [0.25, 0.3) is 5.56 Å². The van der Waals surface area contributed by atoms with Gasteiger partial charge in [-0.1, -0.05) is 18.2 Å². The van der Waals surface area contributed by atoms with E-state index < -0.39 is 0 Å². The molecule has 152 valence electrons. The molecular formula is C19H23N7O3. The van der Waals surface area contributed by atoms with Crippen LogP contribution in [0.2, 0.25) is 0 Å². The van der Waals surface area contributed by atoms with Crippen LogP contribution in [0.15, 0.2) is 29.1 Å². The number of nitrogens with zero attached hydrogens (tertiary/aromatic N) is 5. The molecule has 0 bridgehead atoms. The molecule has 0 radical (unpaired) electrons. The lowest BCUT2D eigenvalue weighted by Gasteiger charge is -2.28. The van der Waals surface area contributed by atoms with Gasteiger partial charge in [-0.15, -0.1) is 10.2 Å². The van der Waals surface area contributed by atoms with Crippen LogP contribution in [0.4, 0.5) is 5.95 Å². The Morgan fingerprint density at radius 3 is 2.72 bits per heavy atom. The summed E-state index contributed by atoms with van der Waals surface area (Å²) in [4.78, 5) is 25.5. The molecule has 1 aromatic carbocycles. The number of H-pyrrole nitrogens is 1. The Labute approximate surface area is 166 Å². The van der Waals surface area contributed by atoms with Gasteiger partial charge in [0.05, 0.1) is 18.6 Å². The largest absolute Gasteiger partial charge is 0.378 e. The minimum absolute atomic E-state index is 0.0596. The molecule has 3 aromatic rings. The molecule has 1 aliphatic heterocycles. The standard InChI is InChI=1S/C19H23N7O3/c1-13(27)20-7-4-8-26-17(22-24-19(26)25-9-11-29-12-10-25)16-14-5-2-3-6-15(14)18(28)23-21-16/h2-3,5-6H,4,7-12H2,1H3,(H,20,27)(H,23,28). The van der Waals surface area contributed by atoms with E-state index in [9.17, 15) is 9.59 Å². The summed E-state index contributed by atoms with van der Waals surface area (Å²) in [7, 11) is 0. The van der Waals surface area contributed by atoms with E-state index in [-0.39, 0.29) is 11.5 Å². The molecule has 10 heteroatoms. The normalized spacial score (nSPS) is 14.3. The molecule has 2 aromatic heterocycles. The highest BCUT2D eigenvalue weighted by molar-refractivity contribution is 5.92. The van der Waals surface area contributed by atoms with Gasteiger partial charge in [-0.25, -0.2) is 5.10 Å². The molecule has 0 saturated carbocycles. The fraction of sp³-hybridized carbons (Fsp3) is 0.421. The molecule has 1 aliphatic rings. The molecule has 29 heavy (non-hydrogen) atoms. The number of anilines is 1. The molecule has 2 N–H and O–H groups in total. The molecule has 10 nitrogen and oxygen atoms in total. The predicted molar refractivity (Wildman–Crippen MR) is 108 cm³/mol. The number of fused-ring (bicyclic) bond motifs is 1. The summed E-state index contributed by atoms with van der Waals surface area (Å²) in [5.41, 5.74) is 0.334. The Kier molecular flexibility index (Phi) is 5.52. The van der Waals surface area contributed by atoms with Crippen LogP contribution in [0.25, 0.3) is 22.3 Å². The number of benzene rings is 1. The van der Waals surface area contributed by atoms with Gasteiger partial charge in [0.2, 0.25) is 11.9 Å². The lowest BCUT2D eigenvalue weighted by Crippen LogP contribution is -2.38. The number of carbonyl (C=O) groups excluding carboxylic acids is 1. The van der Waals surface area contributed by atoms with Gasteiger partial charge in [0.15, 0.2) is 5.82 Å². The van der Waals surface area contributed by atoms with Crippen molar-refractivity contribution in [2.75, 3.05) is 37.7 Å². The SMILES string of the molecule is CC(=O)NCCCn1c(-c2n[nH]c(=O)c3ccccc23)nnc1N1CCOCC1. The number of amides is 1. The summed E-state index contributed by atoms with van der Waals surface area (Å²) in [6, 6.07) is 7.31. The topological polar surface area (TPSA) is 118 Å². The molecular weight excluding hydrogens is 374 g/mol. The van der Waals surface area contributed by atoms with Gasteiger partial charge < -0.3 is 15.0 Å². The van der Waals surface area contributed by atoms with Crippen molar-refractivity contribution in [3.05, 3.63) is 34.6 Å². The minimum Gasteiger partial charge on any atom is -0.378 e. The zero-order valence-electron chi connectivity index (χ0n) is 16.2. The van der Waals surface area contributed by atoms with Crippen molar-refractivity contribution < 1.29 is 9.53 Å². The number of hydrogen-bond donors (Lipinski definition) is 2. The Balaban J connectivity index is 1.75. The van der Waals surface area contributed by atoms with Crippen molar-refractivity contribution in [2.45, 2.75) is 19.9 Å². The first-order chi connectivity index (χ1) is 14.1. The highest BCUT2D eigenvalue weighted by atomic mass is 16.5. The maximum absolute atomic E-state index is 12.2. The van der Waals surface area contributed by atoms with Gasteiger partial charge in [0.1, 0.15) is 5.69 Å². The van der Waals surface area contributed by atoms with Gasteiger partial charge in [0, 0.05) is 38.5 Å². The van der Waals surface area contributed by atoms with Gasteiger partial charge >= 0.3 is 0 Å². The fourth-order valence-electron chi connectivity index (χ4n) is 3.46. The first-order valence-electron chi connectivity index (χ1n) is 9.63. The second kappa shape index (κ2) is 8.39. The van der Waals surface area contributed by atoms with Gasteiger partial charge in [-0.3, -0.25) is 14.2 Å². The van der Waals surface area contributed by atoms with Crippen molar-refractivity contribution in [1.29, 1.82) is 0 Å². The molecule has 3 heterocycles. The Morgan fingerprint density at radius 2 is 1.97 bits per heavy atom. The molecule has 1 saturated heterocycles. The molecule has 1 fully saturated rings. The van der Waals surface area contributed by atoms with Crippen LogP contribution in [-0.2, 0) is 16.1 Å². The van der Waals surface area contributed by atoms with Crippen molar-refractivity contribution >= 4 is 22.6 Å². The van der Waals surface area contributed by atoms with E-state index in [2.05, 4.69) is 30.6 Å². The number of aromatic amines is 1. The number of rotatable bonds is 6. The van der Waals surface area contributed by atoms with E-state index >= 15 is 0 Å². The monoisotopic (exact) mass is 397 g/mol. The molecule has 1 amide bonds. The van der Waals surface area contributed by atoms with Crippen molar-refractivity contribution in [3.63, 3.8) is 0 Å². The number of carbonyl (C=O) groups is 1. The van der Waals surface area contributed by atoms with E-state index in [0.29, 0.717) is 49.6 Å². The zero-order valence-corrected chi connectivity index (χ0v) is 16.2. The summed E-state index contributed by atoms with van der Waals surface area (Å²) >= 11 is 0. The lowest BCUT2D eigenvalue weighted by molar-refractivity contribution is -0.118. The number of morpholine rings is 1. The van der Waals surface area contributed by atoms with E-state index in [1.807, 2.05) is 22.8 Å². The molecule has 0 spiro atoms. The maximum atomic E-state index is 12.2. The van der Waals surface area contributed by atoms with E-state index in [1.165, 1.54) is 6.92 Å². The third kappa shape index (κ3) is 3.97. The quantitative estimate of drug-likeness (QED) is 0.583. The third-order valence-electron chi connectivity index (χ3n) is 4.87. The van der Waals surface area contributed by atoms with E-state index in [1.54, 1.807) is 6.07 Å². The summed E-state index contributed by atoms with van der Waals surface area (Å²) in [5, 5.41) is 19.8. The number of ether oxygens (including phenoxy) is 1. The Hall–Kier alpha value is -3.27. The van der Waals surface area contributed by atoms with E-state index in [4.69, 9.17) is 4.74 Å². The Morgan fingerprint density at radius 1 is 1.21 bits per heavy atom. The van der Waals surface area contributed by atoms with Crippen LogP contribution in [-0.4, -0.2) is 63.7 Å². The number of hydrogen-bond acceptors (Lipinski definition) is 7. The summed E-state index contributed by atoms with van der Waals surface area (Å²) < 4.78 is 7.45. The summed E-state index contributed by atoms with van der Waals surface area (Å²) in [6.45, 7) is 5.37. The maximum Gasteiger partial charge on any atom is 0.272 e. The Bertz CT molecular complexity index is 1070. The number of nitrogens with one attached hydrogen (secondary N) is 2. The zero-order chi connectivity index (χ0) is 20.2. The highest BCUT2D eigenvalue weighted by Crippen LogP contribution is 2.26. The average Bonchev–Trinajstić information content (AvgIpc) is 3.16. The number of aromatic nitrogens is 5. The first kappa shape index (κ1) is 19.1.